The highest BCUT2D eigenvalue weighted by molar-refractivity contribution is 5.91. The van der Waals surface area contributed by atoms with Gasteiger partial charge in [-0.2, -0.15) is 0 Å². The molecule has 0 aliphatic rings. The highest BCUT2D eigenvalue weighted by Crippen LogP contribution is 2.28. The first-order valence-corrected chi connectivity index (χ1v) is 6.12. The zero-order valence-electron chi connectivity index (χ0n) is 10.9. The first-order chi connectivity index (χ1) is 8.99. The maximum absolute atomic E-state index is 11.0. The van der Waals surface area contributed by atoms with Crippen LogP contribution in [0.25, 0.3) is 0 Å². The van der Waals surface area contributed by atoms with Crippen LogP contribution in [0.3, 0.4) is 0 Å². The summed E-state index contributed by atoms with van der Waals surface area (Å²) in [5, 5.41) is 18.5. The monoisotopic (exact) mass is 256 g/mol. The summed E-state index contributed by atoms with van der Waals surface area (Å²) >= 11 is 0. The Bertz CT molecular complexity index is 600. The molecule has 0 heterocycles. The predicted molar refractivity (Wildman–Crippen MR) is 73.8 cm³/mol. The van der Waals surface area contributed by atoms with Crippen molar-refractivity contribution in [2.45, 2.75) is 19.8 Å². The van der Waals surface area contributed by atoms with Crippen LogP contribution < -0.4 is 0 Å². The average molecular weight is 256 g/mol. The fraction of sp³-hybridized carbons (Fsp3) is 0.188. The number of rotatable bonds is 3. The van der Waals surface area contributed by atoms with Gasteiger partial charge in [0.1, 0.15) is 11.3 Å². The van der Waals surface area contributed by atoms with Crippen molar-refractivity contribution in [1.82, 2.24) is 0 Å². The average Bonchev–Trinajstić information content (AvgIpc) is 2.39. The molecule has 2 N–H and O–H groups in total. The van der Waals surface area contributed by atoms with E-state index in [0.29, 0.717) is 0 Å². The van der Waals surface area contributed by atoms with Gasteiger partial charge in [-0.25, -0.2) is 4.79 Å². The van der Waals surface area contributed by atoms with Crippen LogP contribution in [0.2, 0.25) is 0 Å². The van der Waals surface area contributed by atoms with Crippen molar-refractivity contribution in [3.8, 4) is 5.75 Å². The fourth-order valence-electron chi connectivity index (χ4n) is 2.04. The molecule has 2 rings (SSSR count). The van der Waals surface area contributed by atoms with Gasteiger partial charge in [0.25, 0.3) is 0 Å². The van der Waals surface area contributed by atoms with Gasteiger partial charge in [-0.05, 0) is 30.2 Å². The van der Waals surface area contributed by atoms with Crippen LogP contribution >= 0.6 is 0 Å². The molecule has 0 spiro atoms. The highest BCUT2D eigenvalue weighted by Gasteiger charge is 2.14. The zero-order valence-corrected chi connectivity index (χ0v) is 10.9. The van der Waals surface area contributed by atoms with Crippen LogP contribution in [0, 0.1) is 6.92 Å². The van der Waals surface area contributed by atoms with E-state index in [2.05, 4.69) is 0 Å². The van der Waals surface area contributed by atoms with E-state index in [4.69, 9.17) is 5.11 Å². The van der Waals surface area contributed by atoms with E-state index in [1.807, 2.05) is 38.1 Å². The molecular formula is C16H16O3. The Morgan fingerprint density at radius 1 is 1.05 bits per heavy atom. The number of carbonyl (C=O) groups is 1. The van der Waals surface area contributed by atoms with E-state index >= 15 is 0 Å². The van der Waals surface area contributed by atoms with Crippen molar-refractivity contribution in [1.29, 1.82) is 0 Å². The molecule has 0 saturated heterocycles. The van der Waals surface area contributed by atoms with E-state index in [-0.39, 0.29) is 17.2 Å². The normalized spacial score (nSPS) is 12.1. The fourth-order valence-corrected chi connectivity index (χ4v) is 2.04. The van der Waals surface area contributed by atoms with Gasteiger partial charge in [-0.3, -0.25) is 0 Å². The minimum atomic E-state index is -1.12. The highest BCUT2D eigenvalue weighted by atomic mass is 16.4. The minimum Gasteiger partial charge on any atom is -0.507 e. The van der Waals surface area contributed by atoms with Crippen molar-refractivity contribution in [3.63, 3.8) is 0 Å². The molecule has 1 unspecified atom stereocenters. The molecule has 98 valence electrons. The summed E-state index contributed by atoms with van der Waals surface area (Å²) in [4.78, 5) is 11.0. The lowest BCUT2D eigenvalue weighted by atomic mass is 9.91. The third-order valence-corrected chi connectivity index (χ3v) is 3.33. The van der Waals surface area contributed by atoms with Crippen LogP contribution in [0.1, 0.15) is 39.9 Å². The molecule has 0 aliphatic carbocycles. The number of hydrogen-bond acceptors (Lipinski definition) is 2. The zero-order chi connectivity index (χ0) is 14.0. The van der Waals surface area contributed by atoms with Crippen LogP contribution in [-0.4, -0.2) is 16.2 Å². The van der Waals surface area contributed by atoms with E-state index < -0.39 is 5.97 Å². The Labute approximate surface area is 112 Å². The molecule has 3 nitrogen and oxygen atoms in total. The predicted octanol–water partition coefficient (Wildman–Crippen LogP) is 3.55. The molecule has 1 atom stereocenters. The molecule has 0 bridgehead atoms. The van der Waals surface area contributed by atoms with E-state index in [0.717, 1.165) is 11.1 Å². The lowest BCUT2D eigenvalue weighted by Gasteiger charge is -2.14. The van der Waals surface area contributed by atoms with E-state index in [1.165, 1.54) is 17.7 Å². The smallest absolute Gasteiger partial charge is 0.339 e. The Morgan fingerprint density at radius 2 is 1.63 bits per heavy atom. The molecule has 0 amide bonds. The molecular weight excluding hydrogens is 240 g/mol. The van der Waals surface area contributed by atoms with E-state index in [9.17, 15) is 9.90 Å². The molecule has 2 aromatic rings. The van der Waals surface area contributed by atoms with E-state index in [1.54, 1.807) is 6.07 Å². The summed E-state index contributed by atoms with van der Waals surface area (Å²) in [5.41, 5.74) is 3.12. The third kappa shape index (κ3) is 2.76. The second-order valence-corrected chi connectivity index (χ2v) is 4.71. The number of carboxylic acid groups (broad SMARTS) is 1. The number of carboxylic acids is 1. The maximum atomic E-state index is 11.0. The minimum absolute atomic E-state index is 0.0588. The van der Waals surface area contributed by atoms with Gasteiger partial charge in [0.2, 0.25) is 0 Å². The van der Waals surface area contributed by atoms with Crippen LogP contribution in [0.4, 0.5) is 0 Å². The van der Waals surface area contributed by atoms with Gasteiger partial charge >= 0.3 is 5.97 Å². The first kappa shape index (κ1) is 13.1. The lowest BCUT2D eigenvalue weighted by molar-refractivity contribution is 0.0693. The molecule has 0 fully saturated rings. The van der Waals surface area contributed by atoms with Crippen molar-refractivity contribution < 1.29 is 15.0 Å². The second-order valence-electron chi connectivity index (χ2n) is 4.71. The van der Waals surface area contributed by atoms with Gasteiger partial charge < -0.3 is 10.2 Å². The number of phenols is 1. The molecule has 0 aliphatic heterocycles. The summed E-state index contributed by atoms with van der Waals surface area (Å²) in [6, 6.07) is 12.9. The van der Waals surface area contributed by atoms with Crippen LogP contribution in [0.15, 0.2) is 42.5 Å². The topological polar surface area (TPSA) is 57.5 Å². The Morgan fingerprint density at radius 3 is 2.21 bits per heavy atom. The van der Waals surface area contributed by atoms with Gasteiger partial charge in [-0.1, -0.05) is 42.8 Å². The van der Waals surface area contributed by atoms with Crippen molar-refractivity contribution >= 4 is 5.97 Å². The van der Waals surface area contributed by atoms with Gasteiger partial charge in [0, 0.05) is 5.92 Å². The first-order valence-electron chi connectivity index (χ1n) is 6.12. The Hall–Kier alpha value is -2.29. The van der Waals surface area contributed by atoms with Gasteiger partial charge in [0.15, 0.2) is 0 Å². The van der Waals surface area contributed by atoms with Crippen LogP contribution in [0.5, 0.6) is 5.75 Å². The largest absolute Gasteiger partial charge is 0.507 e. The number of aromatic carboxylic acids is 1. The summed E-state index contributed by atoms with van der Waals surface area (Å²) in [6.45, 7) is 4.04. The Balaban J connectivity index is 2.38. The van der Waals surface area contributed by atoms with Crippen molar-refractivity contribution in [2.75, 3.05) is 0 Å². The number of hydrogen-bond donors (Lipinski definition) is 2. The molecule has 19 heavy (non-hydrogen) atoms. The molecule has 0 radical (unpaired) electrons. The second kappa shape index (κ2) is 5.14. The third-order valence-electron chi connectivity index (χ3n) is 3.33. The van der Waals surface area contributed by atoms with Crippen molar-refractivity contribution in [3.05, 3.63) is 64.7 Å². The standard InChI is InChI=1S/C16H16O3/c1-10-3-5-12(6-4-10)11(2)13-7-8-15(17)14(9-13)16(18)19/h3-9,11,17H,1-2H3,(H,18,19). The summed E-state index contributed by atoms with van der Waals surface area (Å²) < 4.78 is 0. The quantitative estimate of drug-likeness (QED) is 0.882. The van der Waals surface area contributed by atoms with Gasteiger partial charge in [-0.15, -0.1) is 0 Å². The molecule has 2 aromatic carbocycles. The molecule has 3 heteroatoms. The number of aromatic hydroxyl groups is 1. The summed E-state index contributed by atoms with van der Waals surface area (Å²) in [5.74, 6) is -1.23. The molecule has 0 aromatic heterocycles. The Kier molecular flexibility index (Phi) is 3.56. The molecule has 0 saturated carbocycles. The van der Waals surface area contributed by atoms with Gasteiger partial charge in [0.05, 0.1) is 0 Å². The van der Waals surface area contributed by atoms with Crippen LogP contribution in [-0.2, 0) is 0 Å². The maximum Gasteiger partial charge on any atom is 0.339 e. The summed E-state index contributed by atoms with van der Waals surface area (Å²) in [7, 11) is 0. The number of benzene rings is 2. The number of aryl methyl sites for hydroxylation is 1. The SMILES string of the molecule is Cc1ccc(C(C)c2ccc(O)c(C(=O)O)c2)cc1. The lowest BCUT2D eigenvalue weighted by Crippen LogP contribution is -2.01. The summed E-state index contributed by atoms with van der Waals surface area (Å²) in [6.07, 6.45) is 0. The van der Waals surface area contributed by atoms with Crippen molar-refractivity contribution in [2.24, 2.45) is 0 Å².